The van der Waals surface area contributed by atoms with E-state index in [0.717, 1.165) is 37.9 Å². The molecule has 0 spiro atoms. The number of alkyl halides is 1. The molecule has 17 nitrogen and oxygen atoms in total. The van der Waals surface area contributed by atoms with E-state index in [1.165, 1.54) is 102 Å². The number of nitrogens with two attached hydrogens (primary N) is 4. The van der Waals surface area contributed by atoms with E-state index in [2.05, 4.69) is 49.2 Å². The molecule has 0 saturated heterocycles. The van der Waals surface area contributed by atoms with Gasteiger partial charge in [-0.25, -0.2) is 42.3 Å². The zero-order chi connectivity index (χ0) is 54.0. The van der Waals surface area contributed by atoms with Gasteiger partial charge in [0.1, 0.15) is 41.0 Å². The second-order valence-electron chi connectivity index (χ2n) is 15.0. The quantitative estimate of drug-likeness (QED) is 0.0258. The first-order chi connectivity index (χ1) is 34.6. The van der Waals surface area contributed by atoms with E-state index in [0.29, 0.717) is 47.2 Å². The molecule has 8 rings (SSSR count). The van der Waals surface area contributed by atoms with Crippen molar-refractivity contribution in [2.24, 2.45) is 21.7 Å². The van der Waals surface area contributed by atoms with Crippen molar-refractivity contribution in [2.75, 3.05) is 30.9 Å². The predicted molar refractivity (Wildman–Crippen MR) is 280 cm³/mol. The van der Waals surface area contributed by atoms with Crippen LogP contribution in [-0.4, -0.2) is 91.1 Å². The molecule has 73 heavy (non-hydrogen) atoms. The van der Waals surface area contributed by atoms with Crippen LogP contribution in [0.1, 0.15) is 52.1 Å². The van der Waals surface area contributed by atoms with Gasteiger partial charge in [0.25, 0.3) is 5.91 Å². The molecule has 6 aromatic rings. The normalized spacial score (nSPS) is 12.9. The number of aldehydes is 1. The second kappa shape index (κ2) is 30.9. The van der Waals surface area contributed by atoms with Crippen LogP contribution >= 0.6 is 46.5 Å². The highest BCUT2D eigenvalue weighted by Crippen LogP contribution is 2.22. The first-order valence-corrected chi connectivity index (χ1v) is 23.8. The molecule has 0 fully saturated rings. The number of carboxylic acid groups (broad SMARTS) is 1. The number of thiazole rings is 2. The minimum atomic E-state index is -1.05. The van der Waals surface area contributed by atoms with Crippen molar-refractivity contribution in [1.29, 1.82) is 0 Å². The summed E-state index contributed by atoms with van der Waals surface area (Å²) in [7, 11) is 2.98. The topological polar surface area (TPSA) is 279 Å². The molecule has 3 amide bonds. The number of aromatic nitrogens is 2. The van der Waals surface area contributed by atoms with Crippen molar-refractivity contribution in [3.63, 3.8) is 0 Å². The number of thiocarbonyl (C=S) groups is 1. The summed E-state index contributed by atoms with van der Waals surface area (Å²) in [5.41, 5.74) is 23.9. The van der Waals surface area contributed by atoms with Crippen molar-refractivity contribution >= 4 is 109 Å². The molecule has 0 saturated carbocycles. The van der Waals surface area contributed by atoms with Gasteiger partial charge in [0.15, 0.2) is 15.4 Å². The second-order valence-corrected chi connectivity index (χ2v) is 18.3. The van der Waals surface area contributed by atoms with Crippen LogP contribution in [0.3, 0.4) is 0 Å². The highest BCUT2D eigenvalue weighted by atomic mass is 35.5. The Balaban J connectivity index is 0.000000249. The van der Waals surface area contributed by atoms with Crippen LogP contribution in [0.4, 0.5) is 33.5 Å². The molecule has 2 aromatic heterocycles. The first kappa shape index (κ1) is 59.6. The number of hydrogen-bond donors (Lipinski definition) is 6. The lowest BCUT2D eigenvalue weighted by Gasteiger charge is -2.18. The van der Waals surface area contributed by atoms with Crippen LogP contribution in [0.2, 0.25) is 0 Å². The maximum Gasteiger partial charge on any atom is 0.352 e. The third-order valence-corrected chi connectivity index (χ3v) is 11.2. The summed E-state index contributed by atoms with van der Waals surface area (Å²) < 4.78 is 49.9. The van der Waals surface area contributed by atoms with E-state index in [1.54, 1.807) is 48.8 Å². The molecule has 2 aliphatic rings. The van der Waals surface area contributed by atoms with E-state index in [1.807, 2.05) is 0 Å². The number of halogens is 5. The summed E-state index contributed by atoms with van der Waals surface area (Å²) in [5, 5.41) is 21.5. The van der Waals surface area contributed by atoms with Crippen LogP contribution in [0, 0.1) is 23.3 Å². The number of nitrogen functional groups attached to an aromatic ring is 2. The molecule has 4 heterocycles. The number of carbonyl (C=O) groups is 5. The Labute approximate surface area is 435 Å². The molecule has 4 aromatic carbocycles. The van der Waals surface area contributed by atoms with Crippen molar-refractivity contribution in [2.45, 2.75) is 50.3 Å². The van der Waals surface area contributed by atoms with Crippen LogP contribution < -0.4 is 28.3 Å². The fourth-order valence-electron chi connectivity index (χ4n) is 5.64. The third kappa shape index (κ3) is 23.9. The van der Waals surface area contributed by atoms with Gasteiger partial charge in [-0.15, -0.1) is 34.3 Å². The molecule has 0 aliphatic carbocycles. The number of benzene rings is 4. The van der Waals surface area contributed by atoms with Gasteiger partial charge < -0.3 is 32.8 Å². The van der Waals surface area contributed by atoms with E-state index < -0.39 is 11.3 Å². The number of nitrogens with zero attached hydrogens (tertiary/aromatic N) is 6. The summed E-state index contributed by atoms with van der Waals surface area (Å²) in [6.45, 7) is 0. The molecule has 1 unspecified atom stereocenters. The zero-order valence-electron chi connectivity index (χ0n) is 39.1. The number of nitrogens with one attached hydrogen (secondary N) is 1. The number of hydrogen-bond acceptors (Lipinski definition) is 14. The van der Waals surface area contributed by atoms with E-state index >= 15 is 0 Å². The van der Waals surface area contributed by atoms with Crippen LogP contribution in [-0.2, 0) is 43.2 Å². The van der Waals surface area contributed by atoms with E-state index in [9.17, 15) is 41.5 Å². The van der Waals surface area contributed by atoms with Crippen molar-refractivity contribution < 1.29 is 46.6 Å². The van der Waals surface area contributed by atoms with Gasteiger partial charge in [0.05, 0.1) is 5.38 Å². The molecule has 10 N–H and O–H groups in total. The smallest absolute Gasteiger partial charge is 0.352 e. The first-order valence-electron chi connectivity index (χ1n) is 21.4. The Morgan fingerprint density at radius 2 is 1.10 bits per heavy atom. The molecule has 25 heteroatoms. The standard InChI is InChI=1S/C16H15FN4O2S.C10H9FN2S.C9H8ClFO.C6H6FN.C6H8N2O3.CH4N2S/c1-21-14(22)7-6-13(20-21)15(23)19-16-18-9-12(24-16)8-10-2-4-11(17)5-3-10;11-8-3-1-7(2-4-8)5-9-6-13-10(12)14-9;10-8(6-12)5-7-1-3-9(11)4-2-7;7-5-1-3-6(8)4-2-5;1-8-5(9)3-2-4(7-8)6(10)11;2-1(3)4/h2-5,9H,6-8H2,1H3,(H,18,19,23);1-4,6H,5H2,(H2,12,13);1-4,6,8H,5H2;1-4H,8H2;2-3H2,1H3,(H,10,11);(H4,2,3,4). The van der Waals surface area contributed by atoms with Gasteiger partial charge in [-0.2, -0.15) is 10.2 Å². The van der Waals surface area contributed by atoms with Gasteiger partial charge >= 0.3 is 5.97 Å². The van der Waals surface area contributed by atoms with Crippen molar-refractivity contribution in [3.05, 3.63) is 159 Å². The molecule has 2 aliphatic heterocycles. The van der Waals surface area contributed by atoms with Gasteiger partial charge in [-0.3, -0.25) is 19.7 Å². The fraction of sp³-hybridized carbons (Fsp3) is 0.208. The Morgan fingerprint density at radius 1 is 0.699 bits per heavy atom. The number of hydrazone groups is 2. The molecule has 0 radical (unpaired) electrons. The summed E-state index contributed by atoms with van der Waals surface area (Å²) >= 11 is 12.5. The Hall–Kier alpha value is -7.67. The van der Waals surface area contributed by atoms with Gasteiger partial charge in [-0.1, -0.05) is 36.4 Å². The van der Waals surface area contributed by atoms with E-state index in [-0.39, 0.29) is 71.1 Å². The lowest BCUT2D eigenvalue weighted by molar-refractivity contribution is -0.132. The predicted octanol–water partition coefficient (Wildman–Crippen LogP) is 7.33. The summed E-state index contributed by atoms with van der Waals surface area (Å²) in [6.07, 6.45) is 7.00. The Kier molecular flexibility index (Phi) is 25.3. The molecule has 0 bridgehead atoms. The maximum atomic E-state index is 12.9. The zero-order valence-corrected chi connectivity index (χ0v) is 42.3. The third-order valence-electron chi connectivity index (χ3n) is 9.21. The Morgan fingerprint density at radius 3 is 1.49 bits per heavy atom. The Bertz CT molecular complexity index is 2800. The van der Waals surface area contributed by atoms with Crippen LogP contribution in [0.15, 0.2) is 120 Å². The summed E-state index contributed by atoms with van der Waals surface area (Å²) in [4.78, 5) is 65.0. The SMILES string of the molecule is CN1N=C(C(=O)Nc2ncc(Cc3ccc(F)cc3)s2)CCC1=O.CN1N=C(C(=O)O)CCC1=O.NC(N)=S.Nc1ccc(F)cc1.Nc1ncc(Cc2ccc(F)cc2)s1.O=CC(Cl)Cc1ccc(F)cc1. The van der Waals surface area contributed by atoms with E-state index in [4.69, 9.17) is 28.2 Å². The van der Waals surface area contributed by atoms with Gasteiger partial charge in [0, 0.05) is 80.5 Å². The monoisotopic (exact) mass is 1080 g/mol. The van der Waals surface area contributed by atoms with Crippen LogP contribution in [0.25, 0.3) is 0 Å². The fourth-order valence-corrected chi connectivity index (χ4v) is 7.38. The summed E-state index contributed by atoms with van der Waals surface area (Å²) in [5.74, 6) is -2.67. The molecular formula is C48H50ClF4N11O6S3. The molecule has 386 valence electrons. The number of carboxylic acids is 1. The minimum Gasteiger partial charge on any atom is -0.477 e. The highest BCUT2D eigenvalue weighted by molar-refractivity contribution is 7.80. The van der Waals surface area contributed by atoms with Gasteiger partial charge in [0.2, 0.25) is 11.8 Å². The van der Waals surface area contributed by atoms with Crippen LogP contribution in [0.5, 0.6) is 0 Å². The number of rotatable bonds is 10. The van der Waals surface area contributed by atoms with Crippen molar-refractivity contribution in [1.82, 2.24) is 20.0 Å². The lowest BCUT2D eigenvalue weighted by Crippen LogP contribution is -2.34. The summed E-state index contributed by atoms with van der Waals surface area (Å²) in [6, 6.07) is 24.4. The van der Waals surface area contributed by atoms with Gasteiger partial charge in [-0.05, 0) is 96.0 Å². The number of amides is 3. The number of anilines is 3. The number of aliphatic carboxylic acids is 1. The largest absolute Gasteiger partial charge is 0.477 e. The molecular weight excluding hydrogens is 1030 g/mol. The maximum absolute atomic E-state index is 12.9. The average molecular weight is 1080 g/mol. The van der Waals surface area contributed by atoms with Crippen molar-refractivity contribution in [3.8, 4) is 0 Å². The molecule has 1 atom stereocenters. The lowest BCUT2D eigenvalue weighted by atomic mass is 10.1. The minimum absolute atomic E-state index is 0.000000000000000222. The number of carbonyl (C=O) groups excluding carboxylic acids is 4. The average Bonchev–Trinajstić information content (AvgIpc) is 3.98. The highest BCUT2D eigenvalue weighted by Gasteiger charge is 2.23.